The number of ether oxygens (including phenoxy) is 3. The summed E-state index contributed by atoms with van der Waals surface area (Å²) in [4.78, 5) is 0. The average molecular weight is 410 g/mol. The molecule has 1 aliphatic heterocycles. The van der Waals surface area contributed by atoms with Crippen LogP contribution < -0.4 is 19.5 Å². The van der Waals surface area contributed by atoms with E-state index in [0.717, 1.165) is 42.5 Å². The van der Waals surface area contributed by atoms with Crippen LogP contribution in [0.3, 0.4) is 0 Å². The highest BCUT2D eigenvalue weighted by molar-refractivity contribution is 5.84. The van der Waals surface area contributed by atoms with Crippen molar-refractivity contribution in [1.29, 1.82) is 0 Å². The smallest absolute Gasteiger partial charge is 0.204 e. The van der Waals surface area contributed by atoms with Gasteiger partial charge in [-0.25, -0.2) is 4.39 Å². The van der Waals surface area contributed by atoms with Gasteiger partial charge in [-0.15, -0.1) is 0 Å². The van der Waals surface area contributed by atoms with Crippen molar-refractivity contribution >= 4 is 10.9 Å². The number of fused-ring (bicyclic) bond motifs is 2. The molecule has 6 heteroatoms. The third kappa shape index (κ3) is 3.49. The largest absolute Gasteiger partial charge is 0.493 e. The zero-order chi connectivity index (χ0) is 20.7. The van der Waals surface area contributed by atoms with Crippen LogP contribution in [0.2, 0.25) is 0 Å². The zero-order valence-electron chi connectivity index (χ0n) is 17.4. The fourth-order valence-electron chi connectivity index (χ4n) is 4.84. The monoisotopic (exact) mass is 410 g/mol. The van der Waals surface area contributed by atoms with Crippen molar-refractivity contribution in [1.82, 2.24) is 9.88 Å². The van der Waals surface area contributed by atoms with Gasteiger partial charge in [0, 0.05) is 36.7 Å². The van der Waals surface area contributed by atoms with Gasteiger partial charge in [0.05, 0.1) is 7.11 Å². The molecule has 0 unspecified atom stereocenters. The van der Waals surface area contributed by atoms with Gasteiger partial charge in [0.1, 0.15) is 18.5 Å². The molecule has 1 aromatic heterocycles. The fraction of sp³-hybridized carbons (Fsp3) is 0.417. The third-order valence-electron chi connectivity index (χ3n) is 6.36. The maximum atomic E-state index is 13.8. The van der Waals surface area contributed by atoms with Crippen LogP contribution in [-0.2, 0) is 7.05 Å². The minimum atomic E-state index is -0.173. The summed E-state index contributed by atoms with van der Waals surface area (Å²) in [6.07, 6.45) is 5.36. The van der Waals surface area contributed by atoms with Gasteiger partial charge in [0.25, 0.3) is 0 Å². The van der Waals surface area contributed by atoms with Crippen LogP contribution in [0.5, 0.6) is 17.2 Å². The fourth-order valence-corrected chi connectivity index (χ4v) is 4.84. The first kappa shape index (κ1) is 19.2. The van der Waals surface area contributed by atoms with Gasteiger partial charge in [0.2, 0.25) is 5.75 Å². The van der Waals surface area contributed by atoms with Crippen molar-refractivity contribution < 1.29 is 18.6 Å². The van der Waals surface area contributed by atoms with Gasteiger partial charge in [-0.3, -0.25) is 0 Å². The van der Waals surface area contributed by atoms with E-state index in [4.69, 9.17) is 14.2 Å². The number of rotatable bonds is 5. The Morgan fingerprint density at radius 3 is 3.00 bits per heavy atom. The number of para-hydroxylation sites is 1. The van der Waals surface area contributed by atoms with Crippen LogP contribution in [0, 0.1) is 5.82 Å². The van der Waals surface area contributed by atoms with E-state index in [1.807, 2.05) is 31.3 Å². The Morgan fingerprint density at radius 2 is 2.13 bits per heavy atom. The number of aromatic nitrogens is 1. The molecule has 0 amide bonds. The Bertz CT molecular complexity index is 1050. The van der Waals surface area contributed by atoms with E-state index in [2.05, 4.69) is 16.1 Å². The molecule has 2 heterocycles. The number of halogens is 1. The first-order chi connectivity index (χ1) is 14.6. The molecule has 0 saturated heterocycles. The van der Waals surface area contributed by atoms with Crippen molar-refractivity contribution in [2.24, 2.45) is 7.05 Å². The topological polar surface area (TPSA) is 44.7 Å². The minimum Gasteiger partial charge on any atom is -0.493 e. The Balaban J connectivity index is 1.22. The quantitative estimate of drug-likeness (QED) is 0.678. The van der Waals surface area contributed by atoms with Crippen molar-refractivity contribution in [3.63, 3.8) is 0 Å². The van der Waals surface area contributed by atoms with Crippen LogP contribution >= 0.6 is 0 Å². The van der Waals surface area contributed by atoms with E-state index in [0.29, 0.717) is 30.1 Å². The maximum absolute atomic E-state index is 13.8. The molecule has 3 atom stereocenters. The van der Waals surface area contributed by atoms with Gasteiger partial charge >= 0.3 is 0 Å². The van der Waals surface area contributed by atoms with Crippen LogP contribution in [0.1, 0.15) is 30.7 Å². The molecule has 1 fully saturated rings. The van der Waals surface area contributed by atoms with E-state index in [9.17, 15) is 4.39 Å². The van der Waals surface area contributed by atoms with Gasteiger partial charge in [-0.2, -0.15) is 0 Å². The lowest BCUT2D eigenvalue weighted by Crippen LogP contribution is -2.41. The third-order valence-corrected chi connectivity index (χ3v) is 6.36. The molecule has 2 aromatic carbocycles. The highest BCUT2D eigenvalue weighted by atomic mass is 19.1. The van der Waals surface area contributed by atoms with Crippen LogP contribution in [0.15, 0.2) is 42.6 Å². The predicted octanol–water partition coefficient (Wildman–Crippen LogP) is 4.39. The molecule has 5 rings (SSSR count). The first-order valence-electron chi connectivity index (χ1n) is 10.6. The van der Waals surface area contributed by atoms with Crippen molar-refractivity contribution in [3.8, 4) is 17.2 Å². The lowest BCUT2D eigenvalue weighted by molar-refractivity contribution is 0.0844. The van der Waals surface area contributed by atoms with E-state index >= 15 is 0 Å². The number of aryl methyl sites for hydroxylation is 1. The Labute approximate surface area is 175 Å². The summed E-state index contributed by atoms with van der Waals surface area (Å²) in [5.74, 6) is 2.38. The molecule has 3 aromatic rings. The Hall–Kier alpha value is -2.73. The normalized spacial score (nSPS) is 23.1. The van der Waals surface area contributed by atoms with Gasteiger partial charge in [-0.1, -0.05) is 6.07 Å². The number of hydrogen-bond donors (Lipinski definition) is 1. The second kappa shape index (κ2) is 7.84. The Morgan fingerprint density at radius 1 is 1.23 bits per heavy atom. The lowest BCUT2D eigenvalue weighted by Gasteiger charge is -2.28. The van der Waals surface area contributed by atoms with Gasteiger partial charge in [-0.05, 0) is 61.1 Å². The molecule has 0 bridgehead atoms. The molecular formula is C24H27FN2O3. The number of nitrogens with zero attached hydrogens (tertiary/aromatic N) is 1. The molecule has 30 heavy (non-hydrogen) atoms. The first-order valence-corrected chi connectivity index (χ1v) is 10.6. The SMILES string of the molecule is COc1cccc2c1O[C@@H](CN[C@H]1CC[C@@H](c3cn(C)c4ccc(F)cc34)C1)CO2. The van der Waals surface area contributed by atoms with Crippen molar-refractivity contribution in [3.05, 3.63) is 54.0 Å². The lowest BCUT2D eigenvalue weighted by atomic mass is 9.97. The molecule has 158 valence electrons. The number of benzene rings is 2. The molecular weight excluding hydrogens is 383 g/mol. The van der Waals surface area contributed by atoms with E-state index in [-0.39, 0.29) is 11.9 Å². The molecule has 0 radical (unpaired) electrons. The summed E-state index contributed by atoms with van der Waals surface area (Å²) in [5, 5.41) is 4.70. The van der Waals surface area contributed by atoms with E-state index < -0.39 is 0 Å². The molecule has 2 aliphatic rings. The molecule has 1 saturated carbocycles. The highest BCUT2D eigenvalue weighted by Gasteiger charge is 2.30. The van der Waals surface area contributed by atoms with Crippen LogP contribution in [0.25, 0.3) is 10.9 Å². The Kier molecular flexibility index (Phi) is 5.03. The zero-order valence-corrected chi connectivity index (χ0v) is 17.4. The molecule has 0 spiro atoms. The van der Waals surface area contributed by atoms with Crippen LogP contribution in [-0.4, -0.2) is 37.0 Å². The second-order valence-corrected chi connectivity index (χ2v) is 8.31. The second-order valence-electron chi connectivity index (χ2n) is 8.31. The van der Waals surface area contributed by atoms with E-state index in [1.54, 1.807) is 13.2 Å². The highest BCUT2D eigenvalue weighted by Crippen LogP contribution is 2.41. The minimum absolute atomic E-state index is 0.0560. The van der Waals surface area contributed by atoms with E-state index in [1.165, 1.54) is 11.6 Å². The summed E-state index contributed by atoms with van der Waals surface area (Å²) in [6, 6.07) is 11.2. The molecule has 1 N–H and O–H groups in total. The molecule has 5 nitrogen and oxygen atoms in total. The summed E-state index contributed by atoms with van der Waals surface area (Å²) >= 11 is 0. The standard InChI is InChI=1S/C24H27FN2O3/c1-27-13-20(19-11-16(25)7-9-21(19)27)15-6-8-17(10-15)26-12-18-14-29-23-5-3-4-22(28-2)24(23)30-18/h3-5,7,9,11,13,15,17-18,26H,6,8,10,12,14H2,1-2H3/t15-,17+,18+/m1/s1. The summed E-state index contributed by atoms with van der Waals surface area (Å²) in [6.45, 7) is 1.24. The van der Waals surface area contributed by atoms with Crippen LogP contribution in [0.4, 0.5) is 4.39 Å². The summed E-state index contributed by atoms with van der Waals surface area (Å²) in [5.41, 5.74) is 2.34. The van der Waals surface area contributed by atoms with Crippen molar-refractivity contribution in [2.45, 2.75) is 37.3 Å². The number of nitrogens with one attached hydrogen (secondary N) is 1. The van der Waals surface area contributed by atoms with Gasteiger partial charge < -0.3 is 24.1 Å². The molecule has 1 aliphatic carbocycles. The number of methoxy groups -OCH3 is 1. The average Bonchev–Trinajstić information content (AvgIpc) is 3.36. The summed E-state index contributed by atoms with van der Waals surface area (Å²) in [7, 11) is 3.67. The maximum Gasteiger partial charge on any atom is 0.204 e. The predicted molar refractivity (Wildman–Crippen MR) is 114 cm³/mol. The number of hydrogen-bond acceptors (Lipinski definition) is 4. The van der Waals surface area contributed by atoms with Gasteiger partial charge in [0.15, 0.2) is 11.5 Å². The van der Waals surface area contributed by atoms with Crippen molar-refractivity contribution in [2.75, 3.05) is 20.3 Å². The summed E-state index contributed by atoms with van der Waals surface area (Å²) < 4.78 is 33.3.